The standard InChI is InChI=1S/C33H54O6/c1-2-3-4-5-6-7-8-9-10-11-12-13-14-15-16-17-24-37-31(36)26-30-25-29(35)27-33(38-30)23-22-32(39-33)20-18-28(34)19-21-32/h18-21,29-30,35H,2-17,22-27H2,1H3/t29-,30-,33-/m1/s1. The lowest BCUT2D eigenvalue weighted by molar-refractivity contribution is -0.291. The summed E-state index contributed by atoms with van der Waals surface area (Å²) < 4.78 is 18.0. The van der Waals surface area contributed by atoms with Gasteiger partial charge in [0, 0.05) is 19.3 Å². The predicted octanol–water partition coefficient (Wildman–Crippen LogP) is 7.66. The molecule has 2 fully saturated rings. The van der Waals surface area contributed by atoms with Crippen molar-refractivity contribution >= 4 is 11.8 Å². The van der Waals surface area contributed by atoms with Crippen LogP contribution in [-0.4, -0.2) is 47.1 Å². The van der Waals surface area contributed by atoms with Crippen LogP contribution in [0.25, 0.3) is 0 Å². The molecule has 0 aromatic heterocycles. The molecular weight excluding hydrogens is 492 g/mol. The molecule has 0 radical (unpaired) electrons. The second-order valence-corrected chi connectivity index (χ2v) is 12.1. The normalized spacial score (nSPS) is 25.6. The second-order valence-electron chi connectivity index (χ2n) is 12.1. The highest BCUT2D eigenvalue weighted by Gasteiger charge is 2.52. The van der Waals surface area contributed by atoms with E-state index in [0.29, 0.717) is 32.3 Å². The average Bonchev–Trinajstić information content (AvgIpc) is 3.23. The van der Waals surface area contributed by atoms with Crippen LogP contribution in [0.15, 0.2) is 24.3 Å². The van der Waals surface area contributed by atoms with Crippen molar-refractivity contribution < 1.29 is 28.9 Å². The summed E-state index contributed by atoms with van der Waals surface area (Å²) in [6.45, 7) is 2.72. The largest absolute Gasteiger partial charge is 0.466 e. The Balaban J connectivity index is 1.16. The SMILES string of the molecule is CCCCCCCCCCCCCCCCCCOC(=O)C[C@H]1C[C@@H](O)C[C@]2(CCC3(C=CC(=O)C=C3)O2)O1. The first-order chi connectivity index (χ1) is 18.9. The Bertz CT molecular complexity index is 773. The lowest BCUT2D eigenvalue weighted by Gasteiger charge is -2.41. The summed E-state index contributed by atoms with van der Waals surface area (Å²) in [5.41, 5.74) is -0.663. The first-order valence-electron chi connectivity index (χ1n) is 16.1. The molecule has 0 aromatic carbocycles. The maximum atomic E-state index is 12.4. The van der Waals surface area contributed by atoms with Gasteiger partial charge in [0.25, 0.3) is 0 Å². The molecule has 222 valence electrons. The summed E-state index contributed by atoms with van der Waals surface area (Å²) in [5.74, 6) is -1.26. The van der Waals surface area contributed by atoms with E-state index >= 15 is 0 Å². The van der Waals surface area contributed by atoms with Gasteiger partial charge >= 0.3 is 5.97 Å². The number of ketones is 1. The molecule has 0 bridgehead atoms. The number of allylic oxidation sites excluding steroid dienone is 2. The minimum absolute atomic E-state index is 0.0558. The summed E-state index contributed by atoms with van der Waals surface area (Å²) in [6, 6.07) is 0. The van der Waals surface area contributed by atoms with Gasteiger partial charge < -0.3 is 19.3 Å². The zero-order valence-electron chi connectivity index (χ0n) is 24.5. The second kappa shape index (κ2) is 17.3. The van der Waals surface area contributed by atoms with Crippen LogP contribution in [0.2, 0.25) is 0 Å². The van der Waals surface area contributed by atoms with Crippen molar-refractivity contribution in [3.8, 4) is 0 Å². The molecular formula is C33H54O6. The van der Waals surface area contributed by atoms with Gasteiger partial charge in [-0.2, -0.15) is 0 Å². The van der Waals surface area contributed by atoms with E-state index < -0.39 is 23.6 Å². The molecule has 3 aliphatic rings. The summed E-state index contributed by atoms with van der Waals surface area (Å²) in [5, 5.41) is 10.5. The number of hydrogen-bond acceptors (Lipinski definition) is 6. The van der Waals surface area contributed by atoms with E-state index in [1.807, 2.05) is 0 Å². The zero-order chi connectivity index (χ0) is 27.8. The molecule has 39 heavy (non-hydrogen) atoms. The van der Waals surface area contributed by atoms with Crippen molar-refractivity contribution in [2.24, 2.45) is 0 Å². The van der Waals surface area contributed by atoms with E-state index in [0.717, 1.165) is 12.8 Å². The third-order valence-electron chi connectivity index (χ3n) is 8.45. The number of unbranched alkanes of at least 4 members (excludes halogenated alkanes) is 15. The van der Waals surface area contributed by atoms with Crippen LogP contribution >= 0.6 is 0 Å². The molecule has 3 atom stereocenters. The number of aliphatic hydroxyl groups excluding tert-OH is 1. The van der Waals surface area contributed by atoms with Crippen molar-refractivity contribution in [1.82, 2.24) is 0 Å². The van der Waals surface area contributed by atoms with Crippen LogP contribution in [0.5, 0.6) is 0 Å². The summed E-state index contributed by atoms with van der Waals surface area (Å²) in [7, 11) is 0. The Labute approximate surface area is 236 Å². The number of carbonyl (C=O) groups excluding carboxylic acids is 2. The van der Waals surface area contributed by atoms with Crippen molar-refractivity contribution in [3.05, 3.63) is 24.3 Å². The molecule has 6 nitrogen and oxygen atoms in total. The van der Waals surface area contributed by atoms with Crippen LogP contribution in [0.4, 0.5) is 0 Å². The molecule has 0 aromatic rings. The molecule has 0 amide bonds. The van der Waals surface area contributed by atoms with Crippen LogP contribution in [0.3, 0.4) is 0 Å². The monoisotopic (exact) mass is 546 g/mol. The third kappa shape index (κ3) is 11.9. The molecule has 6 heteroatoms. The molecule has 2 spiro atoms. The van der Waals surface area contributed by atoms with Gasteiger partial charge in [-0.05, 0) is 37.1 Å². The van der Waals surface area contributed by atoms with Crippen molar-refractivity contribution in [3.63, 3.8) is 0 Å². The van der Waals surface area contributed by atoms with Crippen molar-refractivity contribution in [2.75, 3.05) is 6.61 Å². The zero-order valence-corrected chi connectivity index (χ0v) is 24.5. The van der Waals surface area contributed by atoms with Gasteiger partial charge in [-0.3, -0.25) is 9.59 Å². The summed E-state index contributed by atoms with van der Waals surface area (Å²) in [6.07, 6.45) is 28.8. The van der Waals surface area contributed by atoms with E-state index in [2.05, 4.69) is 6.92 Å². The number of esters is 1. The first kappa shape index (κ1) is 32.0. The third-order valence-corrected chi connectivity index (χ3v) is 8.45. The van der Waals surface area contributed by atoms with Crippen molar-refractivity contribution in [1.29, 1.82) is 0 Å². The summed E-state index contributed by atoms with van der Waals surface area (Å²) in [4.78, 5) is 23.9. The Morgan fingerprint density at radius 2 is 1.41 bits per heavy atom. The minimum Gasteiger partial charge on any atom is -0.466 e. The van der Waals surface area contributed by atoms with Crippen LogP contribution in [0.1, 0.15) is 142 Å². The summed E-state index contributed by atoms with van der Waals surface area (Å²) >= 11 is 0. The van der Waals surface area contributed by atoms with Gasteiger partial charge in [-0.1, -0.05) is 103 Å². The average molecular weight is 547 g/mol. The molecule has 2 saturated heterocycles. The van der Waals surface area contributed by atoms with Gasteiger partial charge in [0.2, 0.25) is 0 Å². The fraction of sp³-hybridized carbons (Fsp3) is 0.818. The Morgan fingerprint density at radius 3 is 1.97 bits per heavy atom. The van der Waals surface area contributed by atoms with E-state index in [-0.39, 0.29) is 18.2 Å². The maximum absolute atomic E-state index is 12.4. The Morgan fingerprint density at radius 1 is 0.872 bits per heavy atom. The van der Waals surface area contributed by atoms with E-state index in [4.69, 9.17) is 14.2 Å². The fourth-order valence-corrected chi connectivity index (χ4v) is 6.20. The Hall–Kier alpha value is -1.50. The predicted molar refractivity (Wildman–Crippen MR) is 154 cm³/mol. The van der Waals surface area contributed by atoms with Gasteiger partial charge in [0.1, 0.15) is 5.60 Å². The van der Waals surface area contributed by atoms with Crippen LogP contribution < -0.4 is 0 Å². The van der Waals surface area contributed by atoms with Crippen molar-refractivity contribution in [2.45, 2.75) is 165 Å². The minimum atomic E-state index is -0.925. The molecule has 3 rings (SSSR count). The van der Waals surface area contributed by atoms with Crippen LogP contribution in [-0.2, 0) is 23.8 Å². The van der Waals surface area contributed by atoms with Gasteiger partial charge in [-0.15, -0.1) is 0 Å². The number of aliphatic hydroxyl groups is 1. The van der Waals surface area contributed by atoms with Gasteiger partial charge in [-0.25, -0.2) is 0 Å². The highest BCUT2D eigenvalue weighted by molar-refractivity contribution is 6.00. The van der Waals surface area contributed by atoms with Crippen LogP contribution in [0, 0.1) is 0 Å². The van der Waals surface area contributed by atoms with E-state index in [1.165, 1.54) is 102 Å². The topological polar surface area (TPSA) is 82.1 Å². The molecule has 0 unspecified atom stereocenters. The number of hydrogen-bond donors (Lipinski definition) is 1. The van der Waals surface area contributed by atoms with Gasteiger partial charge in [0.15, 0.2) is 11.6 Å². The molecule has 2 aliphatic heterocycles. The van der Waals surface area contributed by atoms with Gasteiger partial charge in [0.05, 0.1) is 25.2 Å². The van der Waals surface area contributed by atoms with E-state index in [1.54, 1.807) is 12.2 Å². The quantitative estimate of drug-likeness (QED) is 0.132. The highest BCUT2D eigenvalue weighted by atomic mass is 16.7. The molecule has 1 N–H and O–H groups in total. The molecule has 1 aliphatic carbocycles. The smallest absolute Gasteiger partial charge is 0.308 e. The fourth-order valence-electron chi connectivity index (χ4n) is 6.20. The number of carbonyl (C=O) groups is 2. The first-order valence-corrected chi connectivity index (χ1v) is 16.1. The highest BCUT2D eigenvalue weighted by Crippen LogP contribution is 2.47. The number of ether oxygens (including phenoxy) is 3. The number of rotatable bonds is 19. The molecule has 0 saturated carbocycles. The lowest BCUT2D eigenvalue weighted by Crippen LogP contribution is -2.48. The molecule has 2 heterocycles. The maximum Gasteiger partial charge on any atom is 0.308 e. The Kier molecular flexibility index (Phi) is 14.2. The van der Waals surface area contributed by atoms with E-state index in [9.17, 15) is 14.7 Å². The lowest BCUT2D eigenvalue weighted by atomic mass is 9.92.